The molecule has 6 heteroatoms. The van der Waals surface area contributed by atoms with Crippen LogP contribution in [0.3, 0.4) is 0 Å². The Labute approximate surface area is 102 Å². The number of nitrogens with zero attached hydrogens (tertiary/aromatic N) is 1. The van der Waals surface area contributed by atoms with E-state index in [1.165, 1.54) is 6.20 Å². The summed E-state index contributed by atoms with van der Waals surface area (Å²) in [6.45, 7) is 0. The van der Waals surface area contributed by atoms with Crippen molar-refractivity contribution in [3.05, 3.63) is 48.0 Å². The van der Waals surface area contributed by atoms with E-state index in [0.29, 0.717) is 5.69 Å². The number of aromatic nitrogens is 1. The maximum atomic E-state index is 13.6. The third kappa shape index (κ3) is 2.37. The molecule has 0 spiro atoms. The molecule has 0 radical (unpaired) electrons. The SMILES string of the molecule is Nc1cc(F)c(Nc2cccnc2)cc1C(=O)O. The Morgan fingerprint density at radius 3 is 2.83 bits per heavy atom. The molecule has 4 N–H and O–H groups in total. The van der Waals surface area contributed by atoms with Crippen LogP contribution in [0.1, 0.15) is 10.4 Å². The third-order valence-electron chi connectivity index (χ3n) is 2.31. The Kier molecular flexibility index (Phi) is 3.09. The van der Waals surface area contributed by atoms with Crippen LogP contribution in [-0.4, -0.2) is 16.1 Å². The third-order valence-corrected chi connectivity index (χ3v) is 2.31. The molecule has 0 fully saturated rings. The Balaban J connectivity index is 2.39. The summed E-state index contributed by atoms with van der Waals surface area (Å²) in [5.41, 5.74) is 5.75. The van der Waals surface area contributed by atoms with E-state index >= 15 is 0 Å². The molecule has 0 aliphatic rings. The number of carbonyl (C=O) groups is 1. The molecule has 92 valence electrons. The van der Waals surface area contributed by atoms with E-state index in [2.05, 4.69) is 10.3 Å². The summed E-state index contributed by atoms with van der Waals surface area (Å²) in [6, 6.07) is 5.49. The van der Waals surface area contributed by atoms with Gasteiger partial charge in [0.2, 0.25) is 0 Å². The summed E-state index contributed by atoms with van der Waals surface area (Å²) in [6.07, 6.45) is 3.07. The zero-order valence-electron chi connectivity index (χ0n) is 9.22. The van der Waals surface area contributed by atoms with Crippen LogP contribution in [0.5, 0.6) is 0 Å². The van der Waals surface area contributed by atoms with Gasteiger partial charge in [0.25, 0.3) is 0 Å². The van der Waals surface area contributed by atoms with E-state index in [0.717, 1.165) is 12.1 Å². The van der Waals surface area contributed by atoms with Crippen molar-refractivity contribution >= 4 is 23.0 Å². The number of anilines is 3. The van der Waals surface area contributed by atoms with Gasteiger partial charge >= 0.3 is 5.97 Å². The number of carboxylic acids is 1. The first-order valence-electron chi connectivity index (χ1n) is 5.07. The highest BCUT2D eigenvalue weighted by atomic mass is 19.1. The number of aromatic carboxylic acids is 1. The highest BCUT2D eigenvalue weighted by molar-refractivity contribution is 5.95. The van der Waals surface area contributed by atoms with Crippen molar-refractivity contribution in [1.82, 2.24) is 4.98 Å². The Morgan fingerprint density at radius 2 is 2.22 bits per heavy atom. The topological polar surface area (TPSA) is 88.2 Å². The van der Waals surface area contributed by atoms with E-state index < -0.39 is 11.8 Å². The Morgan fingerprint density at radius 1 is 1.44 bits per heavy atom. The van der Waals surface area contributed by atoms with E-state index in [1.54, 1.807) is 18.3 Å². The summed E-state index contributed by atoms with van der Waals surface area (Å²) in [7, 11) is 0. The van der Waals surface area contributed by atoms with E-state index in [9.17, 15) is 9.18 Å². The average molecular weight is 247 g/mol. The van der Waals surface area contributed by atoms with Crippen LogP contribution in [0.4, 0.5) is 21.5 Å². The fourth-order valence-electron chi connectivity index (χ4n) is 1.46. The second kappa shape index (κ2) is 4.70. The van der Waals surface area contributed by atoms with Gasteiger partial charge in [0.05, 0.1) is 23.1 Å². The van der Waals surface area contributed by atoms with Crippen molar-refractivity contribution in [3.8, 4) is 0 Å². The van der Waals surface area contributed by atoms with Gasteiger partial charge in [-0.05, 0) is 24.3 Å². The number of rotatable bonds is 3. The lowest BCUT2D eigenvalue weighted by Gasteiger charge is -2.09. The number of pyridine rings is 1. The van der Waals surface area contributed by atoms with Gasteiger partial charge in [-0.2, -0.15) is 0 Å². The lowest BCUT2D eigenvalue weighted by Crippen LogP contribution is -2.05. The van der Waals surface area contributed by atoms with Crippen LogP contribution in [0.25, 0.3) is 0 Å². The smallest absolute Gasteiger partial charge is 0.337 e. The largest absolute Gasteiger partial charge is 0.478 e. The van der Waals surface area contributed by atoms with Crippen LogP contribution in [-0.2, 0) is 0 Å². The summed E-state index contributed by atoms with van der Waals surface area (Å²) in [5, 5.41) is 11.6. The molecule has 0 saturated heterocycles. The Bertz CT molecular complexity index is 587. The molecule has 0 bridgehead atoms. The van der Waals surface area contributed by atoms with Gasteiger partial charge in [0.15, 0.2) is 0 Å². The molecular formula is C12H10FN3O2. The summed E-state index contributed by atoms with van der Waals surface area (Å²) < 4.78 is 13.6. The van der Waals surface area contributed by atoms with Crippen molar-refractivity contribution in [3.63, 3.8) is 0 Å². The minimum absolute atomic E-state index is 0.0367. The summed E-state index contributed by atoms with van der Waals surface area (Å²) in [5.74, 6) is -1.83. The number of carboxylic acid groups (broad SMARTS) is 1. The molecule has 0 atom stereocenters. The first-order chi connectivity index (χ1) is 8.58. The molecule has 1 aromatic heterocycles. The number of nitrogens with two attached hydrogens (primary N) is 1. The fraction of sp³-hybridized carbons (Fsp3) is 0. The lowest BCUT2D eigenvalue weighted by atomic mass is 10.1. The first-order valence-corrected chi connectivity index (χ1v) is 5.07. The second-order valence-electron chi connectivity index (χ2n) is 3.59. The molecular weight excluding hydrogens is 237 g/mol. The summed E-state index contributed by atoms with van der Waals surface area (Å²) in [4.78, 5) is 14.8. The predicted molar refractivity (Wildman–Crippen MR) is 65.3 cm³/mol. The van der Waals surface area contributed by atoms with Gasteiger partial charge in [0, 0.05) is 11.9 Å². The maximum Gasteiger partial charge on any atom is 0.337 e. The number of nitrogens with one attached hydrogen (secondary N) is 1. The van der Waals surface area contributed by atoms with Gasteiger partial charge in [-0.3, -0.25) is 4.98 Å². The van der Waals surface area contributed by atoms with Gasteiger partial charge in [0.1, 0.15) is 5.82 Å². The monoisotopic (exact) mass is 247 g/mol. The van der Waals surface area contributed by atoms with Crippen LogP contribution in [0.15, 0.2) is 36.7 Å². The number of benzene rings is 1. The standard InChI is InChI=1S/C12H10FN3O2/c13-9-5-10(14)8(12(17)18)4-11(9)16-7-2-1-3-15-6-7/h1-6,16H,14H2,(H,17,18). The van der Waals surface area contributed by atoms with Crippen molar-refractivity contribution in [2.24, 2.45) is 0 Å². The second-order valence-corrected chi connectivity index (χ2v) is 3.59. The van der Waals surface area contributed by atoms with Crippen LogP contribution in [0.2, 0.25) is 0 Å². The van der Waals surface area contributed by atoms with Crippen molar-refractivity contribution in [2.45, 2.75) is 0 Å². The van der Waals surface area contributed by atoms with Crippen LogP contribution >= 0.6 is 0 Å². The zero-order valence-corrected chi connectivity index (χ0v) is 9.22. The van der Waals surface area contributed by atoms with Crippen molar-refractivity contribution in [1.29, 1.82) is 0 Å². The molecule has 5 nitrogen and oxygen atoms in total. The highest BCUT2D eigenvalue weighted by Crippen LogP contribution is 2.25. The van der Waals surface area contributed by atoms with Crippen LogP contribution in [0, 0.1) is 5.82 Å². The molecule has 2 rings (SSSR count). The molecule has 1 heterocycles. The molecule has 0 aliphatic carbocycles. The van der Waals surface area contributed by atoms with Gasteiger partial charge in [-0.15, -0.1) is 0 Å². The molecule has 1 aromatic carbocycles. The van der Waals surface area contributed by atoms with Gasteiger partial charge < -0.3 is 16.2 Å². The minimum Gasteiger partial charge on any atom is -0.478 e. The van der Waals surface area contributed by atoms with E-state index in [1.807, 2.05) is 0 Å². The molecule has 0 aliphatic heterocycles. The number of hydrogen-bond acceptors (Lipinski definition) is 4. The fourth-order valence-corrected chi connectivity index (χ4v) is 1.46. The highest BCUT2D eigenvalue weighted by Gasteiger charge is 2.13. The van der Waals surface area contributed by atoms with Gasteiger partial charge in [-0.25, -0.2) is 9.18 Å². The predicted octanol–water partition coefficient (Wildman–Crippen LogP) is 2.24. The van der Waals surface area contributed by atoms with Crippen LogP contribution < -0.4 is 11.1 Å². The van der Waals surface area contributed by atoms with Gasteiger partial charge in [-0.1, -0.05) is 0 Å². The number of hydrogen-bond donors (Lipinski definition) is 3. The summed E-state index contributed by atoms with van der Waals surface area (Å²) >= 11 is 0. The molecule has 2 aromatic rings. The lowest BCUT2D eigenvalue weighted by molar-refractivity contribution is 0.0698. The van der Waals surface area contributed by atoms with Crippen molar-refractivity contribution in [2.75, 3.05) is 11.1 Å². The average Bonchev–Trinajstić information content (AvgIpc) is 2.33. The zero-order chi connectivity index (χ0) is 13.1. The normalized spacial score (nSPS) is 10.1. The van der Waals surface area contributed by atoms with E-state index in [-0.39, 0.29) is 16.9 Å². The first kappa shape index (κ1) is 11.8. The minimum atomic E-state index is -1.21. The molecule has 0 saturated carbocycles. The molecule has 0 amide bonds. The maximum absolute atomic E-state index is 13.6. The quantitative estimate of drug-likeness (QED) is 0.724. The number of nitrogen functional groups attached to an aromatic ring is 1. The molecule has 18 heavy (non-hydrogen) atoms. The Hall–Kier alpha value is -2.63. The molecule has 0 unspecified atom stereocenters. The number of halogens is 1. The van der Waals surface area contributed by atoms with Crippen molar-refractivity contribution < 1.29 is 14.3 Å². The van der Waals surface area contributed by atoms with E-state index in [4.69, 9.17) is 10.8 Å².